The van der Waals surface area contributed by atoms with Crippen LogP contribution in [0.2, 0.25) is 0 Å². The van der Waals surface area contributed by atoms with Gasteiger partial charge in [-0.1, -0.05) is 0 Å². The van der Waals surface area contributed by atoms with Crippen LogP contribution in [0.15, 0.2) is 0 Å². The first-order valence-corrected chi connectivity index (χ1v) is 7.45. The Balaban J connectivity index is 1.83. The van der Waals surface area contributed by atoms with Crippen molar-refractivity contribution in [1.29, 1.82) is 0 Å². The fourth-order valence-electron chi connectivity index (χ4n) is 3.65. The fraction of sp³-hybridized carbons (Fsp3) is 0.786. The summed E-state index contributed by atoms with van der Waals surface area (Å²) in [7, 11) is 0. The average Bonchev–Trinajstić information content (AvgIpc) is 2.92. The summed E-state index contributed by atoms with van der Waals surface area (Å²) in [6.45, 7) is 0.0575. The number of nitrogens with zero attached hydrogens (tertiary/aromatic N) is 1. The van der Waals surface area contributed by atoms with Gasteiger partial charge < -0.3 is 9.47 Å². The van der Waals surface area contributed by atoms with Gasteiger partial charge in [0.25, 0.3) is 0 Å². The van der Waals surface area contributed by atoms with Gasteiger partial charge in [0.15, 0.2) is 17.3 Å². The Labute approximate surface area is 126 Å². The SMILES string of the molecule is O=C1CCCC(=O)C1C(=O)C1CC2OCOC2CC1[N+](=O)[O-]. The molecule has 1 saturated heterocycles. The summed E-state index contributed by atoms with van der Waals surface area (Å²) < 4.78 is 10.6. The van der Waals surface area contributed by atoms with Gasteiger partial charge in [0, 0.05) is 24.2 Å². The van der Waals surface area contributed by atoms with Crippen LogP contribution in [-0.2, 0) is 23.9 Å². The average molecular weight is 311 g/mol. The van der Waals surface area contributed by atoms with Crippen molar-refractivity contribution in [1.82, 2.24) is 0 Å². The fourth-order valence-corrected chi connectivity index (χ4v) is 3.65. The number of hydrogen-bond donors (Lipinski definition) is 0. The number of carbonyl (C=O) groups is 3. The Kier molecular flexibility index (Phi) is 4.05. The molecular weight excluding hydrogens is 294 g/mol. The van der Waals surface area contributed by atoms with Crippen LogP contribution in [0.5, 0.6) is 0 Å². The van der Waals surface area contributed by atoms with Crippen LogP contribution in [-0.4, -0.2) is 47.3 Å². The molecule has 2 aliphatic carbocycles. The maximum Gasteiger partial charge on any atom is 0.225 e. The largest absolute Gasteiger partial charge is 0.349 e. The second-order valence-electron chi connectivity index (χ2n) is 6.08. The zero-order valence-corrected chi connectivity index (χ0v) is 11.9. The molecule has 0 aromatic carbocycles. The molecule has 22 heavy (non-hydrogen) atoms. The van der Waals surface area contributed by atoms with E-state index in [1.54, 1.807) is 0 Å². The maximum absolute atomic E-state index is 12.6. The van der Waals surface area contributed by atoms with Gasteiger partial charge in [0.2, 0.25) is 6.04 Å². The van der Waals surface area contributed by atoms with Gasteiger partial charge in [0.05, 0.1) is 18.1 Å². The summed E-state index contributed by atoms with van der Waals surface area (Å²) in [5.74, 6) is -3.71. The number of fused-ring (bicyclic) bond motifs is 1. The monoisotopic (exact) mass is 311 g/mol. The van der Waals surface area contributed by atoms with E-state index in [1.807, 2.05) is 0 Å². The van der Waals surface area contributed by atoms with E-state index in [1.165, 1.54) is 0 Å². The number of rotatable bonds is 3. The van der Waals surface area contributed by atoms with E-state index in [2.05, 4.69) is 0 Å². The van der Waals surface area contributed by atoms with Crippen LogP contribution < -0.4 is 0 Å². The van der Waals surface area contributed by atoms with Crippen LogP contribution in [0.25, 0.3) is 0 Å². The van der Waals surface area contributed by atoms with Crippen molar-refractivity contribution in [2.24, 2.45) is 11.8 Å². The Hall–Kier alpha value is -1.67. The van der Waals surface area contributed by atoms with Gasteiger partial charge in [-0.25, -0.2) is 0 Å². The molecular formula is C14H17NO7. The van der Waals surface area contributed by atoms with Crippen LogP contribution >= 0.6 is 0 Å². The minimum Gasteiger partial charge on any atom is -0.349 e. The summed E-state index contributed by atoms with van der Waals surface area (Å²) in [5.41, 5.74) is 0. The van der Waals surface area contributed by atoms with Crippen molar-refractivity contribution in [2.75, 3.05) is 6.79 Å². The van der Waals surface area contributed by atoms with Gasteiger partial charge in [-0.3, -0.25) is 24.5 Å². The van der Waals surface area contributed by atoms with Crippen molar-refractivity contribution >= 4 is 17.3 Å². The minimum absolute atomic E-state index is 0.0575. The Bertz CT molecular complexity index is 515. The Morgan fingerprint density at radius 2 is 1.68 bits per heavy atom. The summed E-state index contributed by atoms with van der Waals surface area (Å²) in [6, 6.07) is -1.13. The Morgan fingerprint density at radius 1 is 1.09 bits per heavy atom. The van der Waals surface area contributed by atoms with Gasteiger partial charge >= 0.3 is 0 Å². The first kappa shape index (κ1) is 15.2. The third-order valence-corrected chi connectivity index (χ3v) is 4.81. The first-order valence-electron chi connectivity index (χ1n) is 7.45. The third-order valence-electron chi connectivity index (χ3n) is 4.81. The van der Waals surface area contributed by atoms with Gasteiger partial charge in [-0.15, -0.1) is 0 Å². The van der Waals surface area contributed by atoms with Crippen LogP contribution in [0.1, 0.15) is 32.1 Å². The summed E-state index contributed by atoms with van der Waals surface area (Å²) in [4.78, 5) is 47.3. The van der Waals surface area contributed by atoms with Crippen molar-refractivity contribution in [3.63, 3.8) is 0 Å². The maximum atomic E-state index is 12.6. The van der Waals surface area contributed by atoms with Crippen LogP contribution in [0.4, 0.5) is 0 Å². The molecule has 120 valence electrons. The molecule has 0 amide bonds. The number of Topliss-reactive ketones (excluding diaryl/α,β-unsaturated/α-hetero) is 3. The Morgan fingerprint density at radius 3 is 2.27 bits per heavy atom. The number of hydrogen-bond acceptors (Lipinski definition) is 7. The lowest BCUT2D eigenvalue weighted by molar-refractivity contribution is -0.535. The zero-order valence-electron chi connectivity index (χ0n) is 11.9. The molecule has 0 aromatic rings. The quantitative estimate of drug-likeness (QED) is 0.418. The summed E-state index contributed by atoms with van der Waals surface area (Å²) >= 11 is 0. The molecule has 4 atom stereocenters. The van der Waals surface area contributed by atoms with Crippen molar-refractivity contribution in [3.8, 4) is 0 Å². The molecule has 1 aliphatic heterocycles. The first-order chi connectivity index (χ1) is 10.5. The molecule has 0 bridgehead atoms. The molecule has 4 unspecified atom stereocenters. The van der Waals surface area contributed by atoms with Crippen molar-refractivity contribution < 1.29 is 28.8 Å². The van der Waals surface area contributed by atoms with Crippen molar-refractivity contribution in [2.45, 2.75) is 50.4 Å². The highest BCUT2D eigenvalue weighted by atomic mass is 16.7. The van der Waals surface area contributed by atoms with Crippen LogP contribution in [0.3, 0.4) is 0 Å². The second-order valence-corrected chi connectivity index (χ2v) is 6.08. The molecule has 0 radical (unpaired) electrons. The molecule has 3 aliphatic rings. The van der Waals surface area contributed by atoms with Crippen molar-refractivity contribution in [3.05, 3.63) is 10.1 Å². The van der Waals surface area contributed by atoms with E-state index in [-0.39, 0.29) is 38.6 Å². The van der Waals surface area contributed by atoms with Crippen LogP contribution in [0, 0.1) is 22.0 Å². The predicted octanol–water partition coefficient (Wildman–Crippen LogP) is 0.291. The van der Waals surface area contributed by atoms with Gasteiger partial charge in [-0.2, -0.15) is 0 Å². The summed E-state index contributed by atoms with van der Waals surface area (Å²) in [6.07, 6.45) is 0.255. The van der Waals surface area contributed by atoms with E-state index in [0.717, 1.165) is 0 Å². The topological polar surface area (TPSA) is 113 Å². The molecule has 3 fully saturated rings. The number of carbonyl (C=O) groups excluding carboxylic acids is 3. The molecule has 0 spiro atoms. The van der Waals surface area contributed by atoms with E-state index >= 15 is 0 Å². The second kappa shape index (κ2) is 5.85. The standard InChI is InChI=1S/C14H17NO7/c16-9-2-1-3-10(17)13(9)14(18)7-4-11-12(22-6-21-11)5-8(7)15(19)20/h7-8,11-13H,1-6H2. The highest BCUT2D eigenvalue weighted by Crippen LogP contribution is 2.36. The molecule has 0 aromatic heterocycles. The molecule has 0 N–H and O–H groups in total. The molecule has 8 heteroatoms. The predicted molar refractivity (Wildman–Crippen MR) is 70.5 cm³/mol. The van der Waals surface area contributed by atoms with E-state index in [0.29, 0.717) is 6.42 Å². The zero-order chi connectivity index (χ0) is 15.9. The van der Waals surface area contributed by atoms with Gasteiger partial charge in [0.1, 0.15) is 12.7 Å². The molecule has 2 saturated carbocycles. The highest BCUT2D eigenvalue weighted by molar-refractivity contribution is 6.21. The smallest absolute Gasteiger partial charge is 0.225 e. The van der Waals surface area contributed by atoms with E-state index in [9.17, 15) is 24.5 Å². The molecule has 3 rings (SSSR count). The lowest BCUT2D eigenvalue weighted by Gasteiger charge is -2.32. The lowest BCUT2D eigenvalue weighted by Crippen LogP contribution is -2.51. The number of ether oxygens (including phenoxy) is 2. The molecule has 8 nitrogen and oxygen atoms in total. The normalized spacial score (nSPS) is 36.2. The van der Waals surface area contributed by atoms with Gasteiger partial charge in [-0.05, 0) is 12.8 Å². The summed E-state index contributed by atoms with van der Waals surface area (Å²) in [5, 5.41) is 11.3. The van der Waals surface area contributed by atoms with E-state index < -0.39 is 46.3 Å². The minimum atomic E-state index is -1.32. The third kappa shape index (κ3) is 2.56. The number of ketones is 3. The lowest BCUT2D eigenvalue weighted by atomic mass is 9.72. The molecule has 1 heterocycles. The highest BCUT2D eigenvalue weighted by Gasteiger charge is 2.52. The number of nitro groups is 1. The van der Waals surface area contributed by atoms with E-state index in [4.69, 9.17) is 9.47 Å².